The van der Waals surface area contributed by atoms with Crippen molar-refractivity contribution in [3.05, 3.63) is 11.6 Å². The van der Waals surface area contributed by atoms with Gasteiger partial charge in [-0.1, -0.05) is 35.4 Å². The average molecular weight is 393 g/mol. The first kappa shape index (κ1) is 17.0. The molecule has 6 atom stereocenters. The number of hydrogen-bond donors (Lipinski definition) is 0. The van der Waals surface area contributed by atoms with E-state index in [4.69, 9.17) is 0 Å². The first-order valence-electron chi connectivity index (χ1n) is 9.65. The molecular formula is C21H29BrO2. The van der Waals surface area contributed by atoms with Gasteiger partial charge in [-0.2, -0.15) is 0 Å². The Morgan fingerprint density at radius 1 is 1.08 bits per heavy atom. The lowest BCUT2D eigenvalue weighted by atomic mass is 9.46. The Morgan fingerprint density at radius 2 is 1.83 bits per heavy atom. The molecule has 4 aliphatic rings. The van der Waals surface area contributed by atoms with Gasteiger partial charge in [-0.05, 0) is 80.6 Å². The van der Waals surface area contributed by atoms with Crippen molar-refractivity contribution in [1.82, 2.24) is 0 Å². The van der Waals surface area contributed by atoms with E-state index in [1.807, 2.05) is 6.08 Å². The highest BCUT2D eigenvalue weighted by Gasteiger charge is 2.65. The minimum atomic E-state index is 0.149. The third kappa shape index (κ3) is 2.06. The lowest BCUT2D eigenvalue weighted by Gasteiger charge is -2.62. The molecule has 4 aliphatic carbocycles. The molecule has 4 rings (SSSR count). The summed E-state index contributed by atoms with van der Waals surface area (Å²) >= 11 is 4.28. The summed E-state index contributed by atoms with van der Waals surface area (Å²) in [5.74, 6) is 2.15. The molecule has 24 heavy (non-hydrogen) atoms. The number of rotatable bonds is 1. The number of fused-ring (bicyclic) bond motifs is 5. The Balaban J connectivity index is 1.74. The van der Waals surface area contributed by atoms with Crippen molar-refractivity contribution >= 4 is 27.5 Å². The van der Waals surface area contributed by atoms with Gasteiger partial charge < -0.3 is 0 Å². The van der Waals surface area contributed by atoms with Crippen molar-refractivity contribution < 1.29 is 9.59 Å². The zero-order chi connectivity index (χ0) is 17.3. The summed E-state index contributed by atoms with van der Waals surface area (Å²) in [7, 11) is 0. The molecule has 0 unspecified atom stereocenters. The Bertz CT molecular complexity index is 638. The van der Waals surface area contributed by atoms with Crippen LogP contribution in [0.4, 0.5) is 0 Å². The second-order valence-corrected chi connectivity index (χ2v) is 10.8. The third-order valence-electron chi connectivity index (χ3n) is 8.46. The quantitative estimate of drug-likeness (QED) is 0.571. The molecule has 0 N–H and O–H groups in total. The molecule has 3 saturated carbocycles. The maximum Gasteiger partial charge on any atom is 0.155 e. The van der Waals surface area contributed by atoms with E-state index in [1.54, 1.807) is 6.92 Å². The van der Waals surface area contributed by atoms with Crippen LogP contribution in [0.3, 0.4) is 0 Å². The van der Waals surface area contributed by atoms with Gasteiger partial charge in [0.15, 0.2) is 5.78 Å². The van der Waals surface area contributed by atoms with Crippen LogP contribution in [0.25, 0.3) is 0 Å². The highest BCUT2D eigenvalue weighted by Crippen LogP contribution is 2.70. The number of halogens is 1. The molecule has 3 heteroatoms. The van der Waals surface area contributed by atoms with Crippen LogP contribution in [0.15, 0.2) is 11.6 Å². The van der Waals surface area contributed by atoms with E-state index in [1.165, 1.54) is 18.4 Å². The van der Waals surface area contributed by atoms with Crippen molar-refractivity contribution in [2.45, 2.75) is 76.5 Å². The maximum absolute atomic E-state index is 12.2. The topological polar surface area (TPSA) is 34.1 Å². The Morgan fingerprint density at radius 3 is 2.54 bits per heavy atom. The lowest BCUT2D eigenvalue weighted by Crippen LogP contribution is -2.59. The summed E-state index contributed by atoms with van der Waals surface area (Å²) in [5, 5.41) is 0. The first-order valence-corrected chi connectivity index (χ1v) is 10.4. The molecule has 0 amide bonds. The third-order valence-corrected chi connectivity index (χ3v) is 9.97. The maximum atomic E-state index is 12.2. The molecule has 132 valence electrons. The molecular weight excluding hydrogens is 364 g/mol. The molecule has 2 nitrogen and oxygen atoms in total. The van der Waals surface area contributed by atoms with Crippen LogP contribution >= 0.6 is 15.9 Å². The minimum absolute atomic E-state index is 0.149. The number of hydrogen-bond acceptors (Lipinski definition) is 2. The zero-order valence-electron chi connectivity index (χ0n) is 15.2. The summed E-state index contributed by atoms with van der Waals surface area (Å²) in [5.41, 5.74) is 1.74. The van der Waals surface area contributed by atoms with Crippen molar-refractivity contribution in [3.63, 3.8) is 0 Å². The van der Waals surface area contributed by atoms with Crippen molar-refractivity contribution in [1.29, 1.82) is 0 Å². The van der Waals surface area contributed by atoms with Crippen LogP contribution < -0.4 is 0 Å². The van der Waals surface area contributed by atoms with E-state index < -0.39 is 0 Å². The van der Waals surface area contributed by atoms with Gasteiger partial charge in [0, 0.05) is 16.7 Å². The SMILES string of the molecule is CC(=O)[C@H]1CC[C@@H]2[C@]1(C)CC[C@H]1[C@@]2(Br)CCC2=CC(=O)CC[C@@]21C. The molecule has 3 fully saturated rings. The predicted octanol–water partition coefficient (Wildman–Crippen LogP) is 5.24. The molecule has 0 heterocycles. The minimum Gasteiger partial charge on any atom is -0.300 e. The molecule has 0 aromatic rings. The number of alkyl halides is 1. The molecule has 0 bridgehead atoms. The fourth-order valence-electron chi connectivity index (χ4n) is 7.23. The van der Waals surface area contributed by atoms with Gasteiger partial charge in [-0.15, -0.1) is 0 Å². The molecule has 0 aromatic carbocycles. The summed E-state index contributed by atoms with van der Waals surface area (Å²) in [6.07, 6.45) is 10.4. The lowest BCUT2D eigenvalue weighted by molar-refractivity contribution is -0.127. The molecule has 0 radical (unpaired) electrons. The number of Topliss-reactive ketones (excluding diaryl/α,β-unsaturated/α-hetero) is 1. The van der Waals surface area contributed by atoms with Gasteiger partial charge in [-0.25, -0.2) is 0 Å². The van der Waals surface area contributed by atoms with Crippen LogP contribution in [0.1, 0.15) is 72.1 Å². The normalized spacial score (nSPS) is 50.6. The fraction of sp³-hybridized carbons (Fsp3) is 0.810. The van der Waals surface area contributed by atoms with E-state index in [-0.39, 0.29) is 21.1 Å². The fourth-order valence-corrected chi connectivity index (χ4v) is 8.92. The summed E-state index contributed by atoms with van der Waals surface area (Å²) in [6.45, 7) is 6.58. The number of carbonyl (C=O) groups excluding carboxylic acids is 2. The van der Waals surface area contributed by atoms with Crippen molar-refractivity contribution in [2.75, 3.05) is 0 Å². The van der Waals surface area contributed by atoms with Gasteiger partial charge in [-0.3, -0.25) is 9.59 Å². The van der Waals surface area contributed by atoms with E-state index in [0.717, 1.165) is 32.1 Å². The smallest absolute Gasteiger partial charge is 0.155 e. The number of allylic oxidation sites excluding steroid dienone is 1. The zero-order valence-corrected chi connectivity index (χ0v) is 16.7. The Labute approximate surface area is 154 Å². The predicted molar refractivity (Wildman–Crippen MR) is 99.0 cm³/mol. The molecule has 0 spiro atoms. The average Bonchev–Trinajstić information content (AvgIpc) is 2.87. The van der Waals surface area contributed by atoms with Crippen LogP contribution in [-0.4, -0.2) is 15.9 Å². The van der Waals surface area contributed by atoms with Gasteiger partial charge in [0.05, 0.1) is 0 Å². The Hall–Kier alpha value is -0.440. The van der Waals surface area contributed by atoms with Crippen molar-refractivity contribution in [3.8, 4) is 0 Å². The van der Waals surface area contributed by atoms with Crippen LogP contribution in [-0.2, 0) is 9.59 Å². The van der Waals surface area contributed by atoms with Gasteiger partial charge in [0.25, 0.3) is 0 Å². The number of carbonyl (C=O) groups is 2. The largest absolute Gasteiger partial charge is 0.300 e. The van der Waals surface area contributed by atoms with Crippen molar-refractivity contribution in [2.24, 2.45) is 28.6 Å². The monoisotopic (exact) mass is 392 g/mol. The van der Waals surface area contributed by atoms with Gasteiger partial charge in [0.1, 0.15) is 5.78 Å². The van der Waals surface area contributed by atoms with Crippen LogP contribution in [0, 0.1) is 28.6 Å². The van der Waals surface area contributed by atoms with E-state index in [0.29, 0.717) is 29.8 Å². The van der Waals surface area contributed by atoms with E-state index in [9.17, 15) is 9.59 Å². The second-order valence-electron chi connectivity index (χ2n) is 9.37. The van der Waals surface area contributed by atoms with Crippen LogP contribution in [0.2, 0.25) is 0 Å². The van der Waals surface area contributed by atoms with Crippen LogP contribution in [0.5, 0.6) is 0 Å². The molecule has 0 aromatic heterocycles. The molecule has 0 saturated heterocycles. The molecule has 0 aliphatic heterocycles. The second kappa shape index (κ2) is 5.28. The summed E-state index contributed by atoms with van der Waals surface area (Å²) in [6, 6.07) is 0. The van der Waals surface area contributed by atoms with Gasteiger partial charge in [0.2, 0.25) is 0 Å². The van der Waals surface area contributed by atoms with Gasteiger partial charge >= 0.3 is 0 Å². The number of ketones is 2. The first-order chi connectivity index (χ1) is 11.2. The summed E-state index contributed by atoms with van der Waals surface area (Å²) < 4.78 is 0.149. The van der Waals surface area contributed by atoms with E-state index in [2.05, 4.69) is 29.8 Å². The highest BCUT2D eigenvalue weighted by atomic mass is 79.9. The van der Waals surface area contributed by atoms with E-state index >= 15 is 0 Å². The Kier molecular flexibility index (Phi) is 3.74. The summed E-state index contributed by atoms with van der Waals surface area (Å²) in [4.78, 5) is 24.2. The highest BCUT2D eigenvalue weighted by molar-refractivity contribution is 9.10. The standard InChI is InChI=1S/C21H29BrO2/c1-13(23)16-4-5-17-20(16,3)10-8-18-19(2)9-7-15(24)12-14(19)6-11-21(17,18)22/h12,16-18H,4-11H2,1-3H3/t16-,17-,18-,19+,20-,21-/m1/s1.